The Balaban J connectivity index is 0.000000443. The molecule has 0 saturated heterocycles. The Bertz CT molecular complexity index is 4040. The molecule has 0 atom stereocenters. The van der Waals surface area contributed by atoms with Gasteiger partial charge in [-0.1, -0.05) is 101 Å². The lowest BCUT2D eigenvalue weighted by atomic mass is 10.1. The normalized spacial score (nSPS) is 12.0. The van der Waals surface area contributed by atoms with Crippen molar-refractivity contribution in [2.24, 2.45) is 0 Å². The van der Waals surface area contributed by atoms with Gasteiger partial charge in [0, 0.05) is 45.0 Å². The third-order valence-corrected chi connectivity index (χ3v) is 40.3. The SMILES string of the molecule is COc1c(C)c(C=O)cc(Br)c1O.COc1c(C)c(C=O)cc(Br)c1O[Si](C)(C)C(C)(C)C.COc1c(C)c(O)cc(Br)c1O[Si](C)(C)C(C)(C)C.COc1c(C)c(OC=O)cc(Br)c1O[Si](C)(C)C(C)(C)C.COc1c(C)c(OS(=O)(=O)c2ccc(C)cc2)cc(Br)c1O[Si](C)(C)C(C)(C)C. The molecule has 0 spiro atoms. The Hall–Kier alpha value is -5.05. The lowest BCUT2D eigenvalue weighted by molar-refractivity contribution is -0.120. The number of ether oxygens (including phenoxy) is 6. The summed E-state index contributed by atoms with van der Waals surface area (Å²) in [5.41, 5.74) is 5.51. The Morgan fingerprint density at radius 1 is 0.382 bits per heavy atom. The van der Waals surface area contributed by atoms with Crippen molar-refractivity contribution in [1.82, 2.24) is 0 Å². The summed E-state index contributed by atoms with van der Waals surface area (Å²) in [7, 11) is -4.30. The largest absolute Gasteiger partial charge is 0.540 e. The zero-order chi connectivity index (χ0) is 79.4. The molecule has 2 N–H and O–H groups in total. The van der Waals surface area contributed by atoms with Crippen molar-refractivity contribution in [2.45, 2.75) is 202 Å². The minimum atomic E-state index is -3.97. The third-order valence-electron chi connectivity index (χ3n) is 18.8. The van der Waals surface area contributed by atoms with E-state index in [0.29, 0.717) is 105 Å². The topological polar surface area (TPSA) is 227 Å². The highest BCUT2D eigenvalue weighted by atomic mass is 79.9. The number of methoxy groups -OCH3 is 5. The van der Waals surface area contributed by atoms with E-state index in [0.717, 1.165) is 38.2 Å². The Morgan fingerprint density at radius 3 is 0.990 bits per heavy atom. The number of phenolic OH excluding ortho intramolecular Hbond substituents is 2. The first-order valence-corrected chi connectivity index (χ1v) is 49.4. The number of aryl methyl sites for hydroxylation is 1. The molecule has 0 saturated carbocycles. The first-order chi connectivity index (χ1) is 46.4. The molecular weight excluding hydrogens is 1720 g/mol. The second-order valence-electron chi connectivity index (χ2n) is 30.2. The average Bonchev–Trinajstić information content (AvgIpc) is 0.795. The van der Waals surface area contributed by atoms with Crippen LogP contribution in [0.2, 0.25) is 72.5 Å². The fraction of sp³-hybridized carbons (Fsp3) is 0.473. The fourth-order valence-corrected chi connectivity index (χ4v) is 16.1. The number of phenols is 2. The first kappa shape index (κ1) is 93.0. The molecule has 0 bridgehead atoms. The van der Waals surface area contributed by atoms with Gasteiger partial charge in [0.2, 0.25) is 0 Å². The van der Waals surface area contributed by atoms with Gasteiger partial charge in [-0.3, -0.25) is 14.4 Å². The molecule has 0 aromatic heterocycles. The van der Waals surface area contributed by atoms with Crippen LogP contribution in [0.5, 0.6) is 74.7 Å². The van der Waals surface area contributed by atoms with Crippen molar-refractivity contribution in [3.05, 3.63) is 121 Å². The molecule has 28 heteroatoms. The van der Waals surface area contributed by atoms with E-state index >= 15 is 0 Å². The number of halogens is 5. The molecule has 0 unspecified atom stereocenters. The maximum absolute atomic E-state index is 12.7. The quantitative estimate of drug-likeness (QED) is 0.0411. The monoisotopic (exact) mass is 1820 g/mol. The predicted octanol–water partition coefficient (Wildman–Crippen LogP) is 23.0. The molecule has 6 aromatic carbocycles. The third kappa shape index (κ3) is 23.5. The van der Waals surface area contributed by atoms with Crippen molar-refractivity contribution in [3.8, 4) is 74.7 Å². The van der Waals surface area contributed by atoms with Crippen molar-refractivity contribution in [3.63, 3.8) is 0 Å². The van der Waals surface area contributed by atoms with Crippen molar-refractivity contribution < 1.29 is 83.3 Å². The van der Waals surface area contributed by atoms with Crippen LogP contribution in [0.1, 0.15) is 137 Å². The van der Waals surface area contributed by atoms with Crippen LogP contribution < -0.4 is 50.3 Å². The van der Waals surface area contributed by atoms with E-state index in [4.69, 9.17) is 50.3 Å². The number of hydrogen-bond acceptors (Lipinski definition) is 18. The lowest BCUT2D eigenvalue weighted by Gasteiger charge is -2.37. The summed E-state index contributed by atoms with van der Waals surface area (Å²) in [4.78, 5) is 32.4. The van der Waals surface area contributed by atoms with Gasteiger partial charge >= 0.3 is 10.1 Å². The highest BCUT2D eigenvalue weighted by Gasteiger charge is 2.44. The molecule has 6 rings (SSSR count). The van der Waals surface area contributed by atoms with Crippen molar-refractivity contribution in [2.75, 3.05) is 35.5 Å². The standard InChI is InChI=1S/C21H29BrO5SSi.C15H23BrO4Si.C15H23BrO3Si.C14H23BrO3Si.C9H9BrO3/c1-14-9-11-16(12-10-14)28(23,24)26-18-13-17(22)20(19(25-6)15(18)2)27-29(7,8)21(3,4)5;1-10-12(19-9-17)8-11(16)14(13(10)18-5)20-21(6,7)15(2,3)4;1-10-11(9-17)8-12(16)14(13(10)18-5)19-20(6,7)15(2,3)4;1-9-11(16)8-10(15)13(12(9)17-5)18-19(6,7)14(2,3)4;1-5-6(4-11)3-7(10)8(12)9(5)13-2/h9-13H,1-8H3;8-9H,1-7H3;8-9H,1-7H3;8,16H,1-7H3;3-4,12H,1-2H3. The van der Waals surface area contributed by atoms with E-state index < -0.39 is 43.4 Å². The van der Waals surface area contributed by atoms with Gasteiger partial charge in [-0.15, -0.1) is 0 Å². The van der Waals surface area contributed by atoms with Gasteiger partial charge in [0.05, 0.1) is 57.9 Å². The smallest absolute Gasteiger partial charge is 0.339 e. The molecule has 102 heavy (non-hydrogen) atoms. The van der Waals surface area contributed by atoms with Crippen LogP contribution in [0.4, 0.5) is 0 Å². The fourth-order valence-electron chi connectivity index (χ4n) is 8.12. The van der Waals surface area contributed by atoms with Crippen LogP contribution in [0.3, 0.4) is 0 Å². The highest BCUT2D eigenvalue weighted by molar-refractivity contribution is 9.11. The maximum Gasteiger partial charge on any atom is 0.339 e. The maximum atomic E-state index is 12.7. The van der Waals surface area contributed by atoms with Crippen LogP contribution in [-0.4, -0.2) is 106 Å². The van der Waals surface area contributed by atoms with Gasteiger partial charge in [0.1, 0.15) is 29.0 Å². The molecule has 0 fully saturated rings. The van der Waals surface area contributed by atoms with Gasteiger partial charge in [-0.2, -0.15) is 8.42 Å². The van der Waals surface area contributed by atoms with E-state index in [1.54, 1.807) is 77.6 Å². The molecule has 6 aromatic rings. The van der Waals surface area contributed by atoms with Crippen LogP contribution in [0.25, 0.3) is 0 Å². The minimum absolute atomic E-state index is 0.00466. The van der Waals surface area contributed by atoms with Crippen molar-refractivity contribution >= 4 is 142 Å². The Labute approximate surface area is 653 Å². The number of benzene rings is 6. The van der Waals surface area contributed by atoms with Gasteiger partial charge in [-0.25, -0.2) is 0 Å². The van der Waals surface area contributed by atoms with Crippen LogP contribution in [0.15, 0.2) is 81.9 Å². The van der Waals surface area contributed by atoms with E-state index in [9.17, 15) is 33.0 Å². The van der Waals surface area contributed by atoms with Gasteiger partial charge in [0.15, 0.2) is 63.2 Å². The second-order valence-corrected chi connectivity index (χ2v) is 54.9. The number of rotatable bonds is 20. The van der Waals surface area contributed by atoms with Gasteiger partial charge in [0.25, 0.3) is 39.7 Å². The Kier molecular flexibility index (Phi) is 33.7. The summed E-state index contributed by atoms with van der Waals surface area (Å²) >= 11 is 17.1. The molecule has 18 nitrogen and oxygen atoms in total. The first-order valence-electron chi connectivity index (χ1n) is 32.4. The molecule has 0 amide bonds. The second kappa shape index (κ2) is 37.0. The van der Waals surface area contributed by atoms with Crippen LogP contribution >= 0.6 is 79.6 Å². The van der Waals surface area contributed by atoms with E-state index in [-0.39, 0.29) is 42.3 Å². The zero-order valence-electron chi connectivity index (χ0n) is 65.2. The number of aromatic hydroxyl groups is 2. The number of carbonyl (C=O) groups is 3. The molecular formula is C74H107Br5O18SSi4. The zero-order valence-corrected chi connectivity index (χ0v) is 77.9. The number of hydrogen-bond donors (Lipinski definition) is 2. The Morgan fingerprint density at radius 2 is 0.667 bits per heavy atom. The van der Waals surface area contributed by atoms with E-state index in [1.807, 2.05) is 27.7 Å². The molecule has 0 aliphatic carbocycles. The van der Waals surface area contributed by atoms with Gasteiger partial charge in [-0.05, 0) is 230 Å². The van der Waals surface area contributed by atoms with E-state index in [2.05, 4.69) is 215 Å². The molecule has 568 valence electrons. The minimum Gasteiger partial charge on any atom is -0.540 e. The summed E-state index contributed by atoms with van der Waals surface area (Å²) in [6.45, 7) is 54.7. The van der Waals surface area contributed by atoms with Crippen molar-refractivity contribution in [1.29, 1.82) is 0 Å². The summed E-state index contributed by atoms with van der Waals surface area (Å²) in [6.07, 6.45) is 1.56. The molecule has 0 radical (unpaired) electrons. The number of aldehydes is 2. The summed E-state index contributed by atoms with van der Waals surface area (Å²) in [5, 5.41) is 19.6. The van der Waals surface area contributed by atoms with Gasteiger partial charge < -0.3 is 60.5 Å². The van der Waals surface area contributed by atoms with E-state index in [1.165, 1.54) is 26.4 Å². The summed E-state index contributed by atoms with van der Waals surface area (Å²) < 4.78 is 91.4. The van der Waals surface area contributed by atoms with Crippen LogP contribution in [-0.2, 0) is 14.9 Å². The highest BCUT2D eigenvalue weighted by Crippen LogP contribution is 2.52. The molecule has 0 heterocycles. The number of carbonyl (C=O) groups excluding carboxylic acids is 3. The molecule has 0 aliphatic heterocycles. The molecule has 0 aliphatic rings. The average molecular weight is 1830 g/mol. The lowest BCUT2D eigenvalue weighted by Crippen LogP contribution is -2.44. The van der Waals surface area contributed by atoms with Crippen LogP contribution in [0, 0.1) is 41.5 Å². The predicted molar refractivity (Wildman–Crippen MR) is 438 cm³/mol. The summed E-state index contributed by atoms with van der Waals surface area (Å²) in [6, 6.07) is 14.9. The summed E-state index contributed by atoms with van der Waals surface area (Å²) in [5.74, 6) is 6.08.